The minimum absolute atomic E-state index is 0.257. The first-order chi connectivity index (χ1) is 14.3. The number of aliphatic hydroxyl groups excluding tert-OH is 1. The second kappa shape index (κ2) is 18.3. The summed E-state index contributed by atoms with van der Waals surface area (Å²) in [6.45, 7) is 7.29. The highest BCUT2D eigenvalue weighted by atomic mass is 16.5. The van der Waals surface area contributed by atoms with Crippen LogP contribution in [0.15, 0.2) is 0 Å². The Morgan fingerprint density at radius 1 is 0.724 bits per heavy atom. The Balaban J connectivity index is 2.41. The van der Waals surface area contributed by atoms with Crippen molar-refractivity contribution in [2.45, 2.75) is 45.4 Å². The van der Waals surface area contributed by atoms with Crippen molar-refractivity contribution in [3.63, 3.8) is 0 Å². The van der Waals surface area contributed by atoms with E-state index in [0.717, 1.165) is 51.6 Å². The van der Waals surface area contributed by atoms with Gasteiger partial charge in [-0.3, -0.25) is 0 Å². The molecule has 0 saturated heterocycles. The number of nitrogens with one attached hydrogen (secondary N) is 3. The summed E-state index contributed by atoms with van der Waals surface area (Å²) in [6.07, 6.45) is 6.12. The van der Waals surface area contributed by atoms with E-state index >= 15 is 0 Å². The van der Waals surface area contributed by atoms with Crippen LogP contribution in [-0.2, 0) is 9.47 Å². The van der Waals surface area contributed by atoms with Crippen molar-refractivity contribution in [1.82, 2.24) is 15.0 Å². The first-order valence-corrected chi connectivity index (χ1v) is 10.7. The average molecular weight is 414 g/mol. The fourth-order valence-corrected chi connectivity index (χ4v) is 2.42. The highest BCUT2D eigenvalue weighted by Gasteiger charge is 2.06. The van der Waals surface area contributed by atoms with Crippen LogP contribution >= 0.6 is 0 Å². The van der Waals surface area contributed by atoms with Crippen molar-refractivity contribution in [2.24, 2.45) is 5.73 Å². The van der Waals surface area contributed by atoms with E-state index in [9.17, 15) is 0 Å². The SMILES string of the molecule is CCCCNc1nc(NCCCCCCO)nc(NCCOCCOCCN)n1. The van der Waals surface area contributed by atoms with Crippen LogP contribution < -0.4 is 21.7 Å². The fraction of sp³-hybridized carbons (Fsp3) is 0.842. The molecule has 0 unspecified atom stereocenters. The maximum Gasteiger partial charge on any atom is 0.229 e. The lowest BCUT2D eigenvalue weighted by Gasteiger charge is -2.11. The minimum Gasteiger partial charge on any atom is -0.396 e. The molecule has 0 saturated carbocycles. The minimum atomic E-state index is 0.257. The summed E-state index contributed by atoms with van der Waals surface area (Å²) >= 11 is 0. The van der Waals surface area contributed by atoms with E-state index in [1.54, 1.807) is 0 Å². The van der Waals surface area contributed by atoms with Crippen molar-refractivity contribution in [3.8, 4) is 0 Å². The van der Waals surface area contributed by atoms with Crippen LogP contribution in [0, 0.1) is 0 Å². The van der Waals surface area contributed by atoms with E-state index in [2.05, 4.69) is 37.8 Å². The molecule has 0 atom stereocenters. The second-order valence-corrected chi connectivity index (χ2v) is 6.59. The number of aliphatic hydroxyl groups is 1. The van der Waals surface area contributed by atoms with Crippen molar-refractivity contribution in [1.29, 1.82) is 0 Å². The van der Waals surface area contributed by atoms with E-state index in [1.807, 2.05) is 0 Å². The Morgan fingerprint density at radius 3 is 1.86 bits per heavy atom. The monoisotopic (exact) mass is 413 g/mol. The van der Waals surface area contributed by atoms with Crippen LogP contribution in [0.4, 0.5) is 17.8 Å². The van der Waals surface area contributed by atoms with Gasteiger partial charge >= 0.3 is 0 Å². The lowest BCUT2D eigenvalue weighted by molar-refractivity contribution is 0.0547. The highest BCUT2D eigenvalue weighted by Crippen LogP contribution is 2.10. The van der Waals surface area contributed by atoms with E-state index < -0.39 is 0 Å². The first-order valence-electron chi connectivity index (χ1n) is 10.7. The number of ether oxygens (including phenoxy) is 2. The van der Waals surface area contributed by atoms with Crippen LogP contribution in [-0.4, -0.2) is 79.3 Å². The Hall–Kier alpha value is -1.75. The molecular formula is C19H39N7O3. The summed E-state index contributed by atoms with van der Waals surface area (Å²) in [5.41, 5.74) is 5.36. The van der Waals surface area contributed by atoms with E-state index in [1.165, 1.54) is 0 Å². The molecule has 10 heteroatoms. The van der Waals surface area contributed by atoms with Gasteiger partial charge in [-0.2, -0.15) is 15.0 Å². The number of rotatable bonds is 20. The van der Waals surface area contributed by atoms with E-state index in [4.69, 9.17) is 20.3 Å². The number of hydrogen-bond donors (Lipinski definition) is 5. The number of nitrogens with zero attached hydrogens (tertiary/aromatic N) is 3. The molecular weight excluding hydrogens is 374 g/mol. The van der Waals surface area contributed by atoms with Crippen molar-refractivity contribution in [2.75, 3.05) is 75.2 Å². The third-order valence-corrected chi connectivity index (χ3v) is 3.98. The van der Waals surface area contributed by atoms with Gasteiger partial charge in [0.15, 0.2) is 0 Å². The van der Waals surface area contributed by atoms with Crippen LogP contribution in [0.2, 0.25) is 0 Å². The summed E-state index contributed by atoms with van der Waals surface area (Å²) in [5, 5.41) is 18.5. The molecule has 0 radical (unpaired) electrons. The molecule has 10 nitrogen and oxygen atoms in total. The van der Waals surface area contributed by atoms with Crippen LogP contribution in [0.5, 0.6) is 0 Å². The molecule has 1 aromatic rings. The zero-order valence-electron chi connectivity index (χ0n) is 17.8. The predicted molar refractivity (Wildman–Crippen MR) is 116 cm³/mol. The van der Waals surface area contributed by atoms with Crippen molar-refractivity contribution in [3.05, 3.63) is 0 Å². The topological polar surface area (TPSA) is 139 Å². The third-order valence-electron chi connectivity index (χ3n) is 3.98. The van der Waals surface area contributed by atoms with E-state index in [0.29, 0.717) is 57.4 Å². The molecule has 0 aliphatic carbocycles. The molecule has 1 heterocycles. The summed E-state index contributed by atoms with van der Waals surface area (Å²) < 4.78 is 10.8. The third kappa shape index (κ3) is 14.0. The smallest absolute Gasteiger partial charge is 0.229 e. The summed E-state index contributed by atoms with van der Waals surface area (Å²) in [5.74, 6) is 1.64. The Morgan fingerprint density at radius 2 is 1.28 bits per heavy atom. The first kappa shape index (κ1) is 25.3. The Labute approximate surface area is 174 Å². The molecule has 168 valence electrons. The molecule has 29 heavy (non-hydrogen) atoms. The molecule has 0 aromatic carbocycles. The number of unbranched alkanes of at least 4 members (excludes halogenated alkanes) is 4. The maximum atomic E-state index is 8.83. The lowest BCUT2D eigenvalue weighted by atomic mass is 10.2. The summed E-state index contributed by atoms with van der Waals surface area (Å²) in [7, 11) is 0. The van der Waals surface area contributed by atoms with Gasteiger partial charge in [-0.05, 0) is 19.3 Å². The molecule has 0 aliphatic heterocycles. The predicted octanol–water partition coefficient (Wildman–Crippen LogP) is 1.45. The largest absolute Gasteiger partial charge is 0.396 e. The number of anilines is 3. The summed E-state index contributed by atoms with van der Waals surface area (Å²) in [4.78, 5) is 13.3. The zero-order valence-corrected chi connectivity index (χ0v) is 17.8. The molecule has 0 amide bonds. The van der Waals surface area contributed by atoms with Gasteiger partial charge in [-0.1, -0.05) is 26.2 Å². The maximum absolute atomic E-state index is 8.83. The molecule has 1 aromatic heterocycles. The van der Waals surface area contributed by atoms with Crippen LogP contribution in [0.1, 0.15) is 45.4 Å². The van der Waals surface area contributed by atoms with Gasteiger partial charge < -0.3 is 36.3 Å². The van der Waals surface area contributed by atoms with Crippen molar-refractivity contribution < 1.29 is 14.6 Å². The van der Waals surface area contributed by atoms with Gasteiger partial charge in [0.2, 0.25) is 17.8 Å². The van der Waals surface area contributed by atoms with Gasteiger partial charge in [0.05, 0.1) is 26.4 Å². The highest BCUT2D eigenvalue weighted by molar-refractivity contribution is 5.42. The average Bonchev–Trinajstić information content (AvgIpc) is 2.73. The molecule has 0 bridgehead atoms. The van der Waals surface area contributed by atoms with Gasteiger partial charge in [0.1, 0.15) is 0 Å². The van der Waals surface area contributed by atoms with Crippen LogP contribution in [0.3, 0.4) is 0 Å². The molecule has 0 fully saturated rings. The lowest BCUT2D eigenvalue weighted by Crippen LogP contribution is -2.17. The molecule has 0 aliphatic rings. The normalized spacial score (nSPS) is 10.9. The number of hydrogen-bond acceptors (Lipinski definition) is 10. The molecule has 0 spiro atoms. The Kier molecular flexibility index (Phi) is 15.9. The second-order valence-electron chi connectivity index (χ2n) is 6.59. The van der Waals surface area contributed by atoms with Gasteiger partial charge in [0.25, 0.3) is 0 Å². The van der Waals surface area contributed by atoms with Crippen LogP contribution in [0.25, 0.3) is 0 Å². The fourth-order valence-electron chi connectivity index (χ4n) is 2.42. The summed E-state index contributed by atoms with van der Waals surface area (Å²) in [6, 6.07) is 0. The van der Waals surface area contributed by atoms with Gasteiger partial charge in [-0.25, -0.2) is 0 Å². The number of nitrogens with two attached hydrogens (primary N) is 1. The van der Waals surface area contributed by atoms with Gasteiger partial charge in [0, 0.05) is 32.8 Å². The van der Waals surface area contributed by atoms with Crippen molar-refractivity contribution >= 4 is 17.8 Å². The quantitative estimate of drug-likeness (QED) is 0.200. The van der Waals surface area contributed by atoms with E-state index in [-0.39, 0.29) is 6.61 Å². The van der Waals surface area contributed by atoms with Gasteiger partial charge in [-0.15, -0.1) is 0 Å². The standard InChI is InChI=1S/C19H39N7O3/c1-2-3-9-21-17-24-18(22-10-6-4-5-7-12-27)26-19(25-17)23-11-14-29-16-15-28-13-8-20/h27H,2-16,20H2,1H3,(H3,21,22,23,24,25,26). The molecule has 1 rings (SSSR count). The Bertz CT molecular complexity index is 509. The number of aromatic nitrogens is 3. The molecule has 6 N–H and O–H groups in total. The zero-order chi connectivity index (χ0) is 21.0.